The Bertz CT molecular complexity index is 718. The van der Waals surface area contributed by atoms with Gasteiger partial charge in [-0.1, -0.05) is 23.7 Å². The van der Waals surface area contributed by atoms with E-state index < -0.39 is 11.9 Å². The first-order chi connectivity index (χ1) is 11.0. The third-order valence-electron chi connectivity index (χ3n) is 3.32. The molecule has 120 valence electrons. The number of benzene rings is 1. The molecule has 7 heteroatoms. The smallest absolute Gasteiger partial charge is 0.338 e. The number of hydrogen-bond acceptors (Lipinski definition) is 5. The molecule has 0 amide bonds. The van der Waals surface area contributed by atoms with Crippen molar-refractivity contribution in [3.8, 4) is 6.07 Å². The number of ether oxygens (including phenoxy) is 2. The molecule has 0 radical (unpaired) electrons. The van der Waals surface area contributed by atoms with Gasteiger partial charge in [0.2, 0.25) is 5.88 Å². The molecule has 1 aliphatic heterocycles. The van der Waals surface area contributed by atoms with Crippen LogP contribution in [0.5, 0.6) is 0 Å². The minimum atomic E-state index is -0.709. The first-order valence-corrected chi connectivity index (χ1v) is 7.73. The second-order valence-electron chi connectivity index (χ2n) is 4.67. The summed E-state index contributed by atoms with van der Waals surface area (Å²) in [5, 5.41) is 9.97. The van der Waals surface area contributed by atoms with Crippen molar-refractivity contribution in [3.05, 3.63) is 57.6 Å². The number of carbonyl (C=O) groups excluding carboxylic acids is 1. The van der Waals surface area contributed by atoms with E-state index in [-0.39, 0.29) is 35.3 Å². The molecule has 1 aromatic rings. The Balaban J connectivity index is 2.63. The molecule has 0 saturated carbocycles. The summed E-state index contributed by atoms with van der Waals surface area (Å²) in [6, 6.07) is 8.77. The van der Waals surface area contributed by atoms with Gasteiger partial charge in [-0.3, -0.25) is 0 Å². The summed E-state index contributed by atoms with van der Waals surface area (Å²) in [6.07, 6.45) is 0. The Kier molecular flexibility index (Phi) is 5.54. The molecule has 0 aromatic heterocycles. The van der Waals surface area contributed by atoms with Gasteiger partial charge in [0.05, 0.1) is 24.0 Å². The minimum absolute atomic E-state index is 0.0718. The Labute approximate surface area is 143 Å². The van der Waals surface area contributed by atoms with E-state index in [0.717, 1.165) is 0 Å². The van der Waals surface area contributed by atoms with Gasteiger partial charge in [-0.25, -0.2) is 4.79 Å². The largest absolute Gasteiger partial charge is 0.463 e. The maximum absolute atomic E-state index is 12.4. The van der Waals surface area contributed by atoms with Crippen LogP contribution in [0.2, 0.25) is 5.02 Å². The summed E-state index contributed by atoms with van der Waals surface area (Å²) in [4.78, 5) is 12.4. The highest BCUT2D eigenvalue weighted by Crippen LogP contribution is 2.40. The minimum Gasteiger partial charge on any atom is -0.463 e. The summed E-state index contributed by atoms with van der Waals surface area (Å²) in [6.45, 7) is 1.88. The fraction of sp³-hybridized carbons (Fsp3) is 0.250. The van der Waals surface area contributed by atoms with Gasteiger partial charge >= 0.3 is 5.97 Å². The van der Waals surface area contributed by atoms with Crippen molar-refractivity contribution >= 4 is 29.2 Å². The first kappa shape index (κ1) is 17.2. The van der Waals surface area contributed by atoms with Crippen molar-refractivity contribution < 1.29 is 14.3 Å². The van der Waals surface area contributed by atoms with Gasteiger partial charge in [0.1, 0.15) is 17.4 Å². The average molecular weight is 353 g/mol. The number of halogens is 2. The summed E-state index contributed by atoms with van der Waals surface area (Å²) in [5.41, 5.74) is 6.79. The zero-order valence-corrected chi connectivity index (χ0v) is 13.8. The summed E-state index contributed by atoms with van der Waals surface area (Å²) in [7, 11) is 0. The highest BCUT2D eigenvalue weighted by molar-refractivity contribution is 6.30. The predicted octanol–water partition coefficient (Wildman–Crippen LogP) is 3.20. The summed E-state index contributed by atoms with van der Waals surface area (Å²) >= 11 is 11.8. The monoisotopic (exact) mass is 352 g/mol. The summed E-state index contributed by atoms with van der Waals surface area (Å²) < 4.78 is 10.4. The average Bonchev–Trinajstić information content (AvgIpc) is 2.54. The van der Waals surface area contributed by atoms with Gasteiger partial charge < -0.3 is 15.2 Å². The number of alkyl halides is 1. The van der Waals surface area contributed by atoms with Gasteiger partial charge in [0.25, 0.3) is 0 Å². The van der Waals surface area contributed by atoms with E-state index in [0.29, 0.717) is 10.6 Å². The molecule has 23 heavy (non-hydrogen) atoms. The number of allylic oxidation sites excluding steroid dienone is 2. The highest BCUT2D eigenvalue weighted by atomic mass is 35.5. The molecule has 0 bridgehead atoms. The van der Waals surface area contributed by atoms with Crippen LogP contribution >= 0.6 is 23.2 Å². The number of hydrogen-bond donors (Lipinski definition) is 1. The Morgan fingerprint density at radius 3 is 2.61 bits per heavy atom. The molecule has 1 atom stereocenters. The zero-order valence-electron chi connectivity index (χ0n) is 12.3. The molecule has 0 aliphatic carbocycles. The van der Waals surface area contributed by atoms with Crippen molar-refractivity contribution in [2.45, 2.75) is 12.8 Å². The van der Waals surface area contributed by atoms with Crippen LogP contribution < -0.4 is 5.73 Å². The molecular weight excluding hydrogens is 339 g/mol. The van der Waals surface area contributed by atoms with E-state index in [2.05, 4.69) is 0 Å². The lowest BCUT2D eigenvalue weighted by Gasteiger charge is -2.27. The molecule has 1 aliphatic rings. The maximum atomic E-state index is 12.4. The molecule has 5 nitrogen and oxygen atoms in total. The van der Waals surface area contributed by atoms with Crippen LogP contribution in [0.4, 0.5) is 0 Å². The molecule has 2 rings (SSSR count). The molecule has 1 heterocycles. The van der Waals surface area contributed by atoms with Gasteiger partial charge in [-0.05, 0) is 24.6 Å². The van der Waals surface area contributed by atoms with E-state index in [9.17, 15) is 10.1 Å². The number of carbonyl (C=O) groups is 1. The Morgan fingerprint density at radius 1 is 1.43 bits per heavy atom. The lowest BCUT2D eigenvalue weighted by Crippen LogP contribution is -2.26. The maximum Gasteiger partial charge on any atom is 0.338 e. The summed E-state index contributed by atoms with van der Waals surface area (Å²) in [5.74, 6) is -1.27. The highest BCUT2D eigenvalue weighted by Gasteiger charge is 2.37. The standard InChI is InChI=1S/C16H14Cl2N2O3/c1-2-22-16(21)14-12(7-17)23-15(20)11(8-19)13(14)9-3-5-10(18)6-4-9/h3-6,13H,2,7,20H2,1H3. The fourth-order valence-corrected chi connectivity index (χ4v) is 2.66. The predicted molar refractivity (Wildman–Crippen MR) is 86.5 cm³/mol. The van der Waals surface area contributed by atoms with Crippen LogP contribution in [-0.2, 0) is 14.3 Å². The van der Waals surface area contributed by atoms with Crippen LogP contribution in [-0.4, -0.2) is 18.5 Å². The van der Waals surface area contributed by atoms with Crippen molar-refractivity contribution in [3.63, 3.8) is 0 Å². The molecule has 0 saturated heterocycles. The number of rotatable bonds is 4. The van der Waals surface area contributed by atoms with Crippen molar-refractivity contribution in [1.82, 2.24) is 0 Å². The fourth-order valence-electron chi connectivity index (χ4n) is 2.34. The van der Waals surface area contributed by atoms with Gasteiger partial charge in [0, 0.05) is 5.02 Å². The molecule has 1 aromatic carbocycles. The molecule has 1 unspecified atom stereocenters. The van der Waals surface area contributed by atoms with Crippen LogP contribution in [0.3, 0.4) is 0 Å². The van der Waals surface area contributed by atoms with Crippen LogP contribution in [0.25, 0.3) is 0 Å². The lowest BCUT2D eigenvalue weighted by atomic mass is 9.83. The molecule has 0 spiro atoms. The molecule has 0 fully saturated rings. The van der Waals surface area contributed by atoms with Crippen LogP contribution in [0.1, 0.15) is 18.4 Å². The number of nitriles is 1. The van der Waals surface area contributed by atoms with Gasteiger partial charge in [-0.15, -0.1) is 11.6 Å². The number of nitrogens with zero attached hydrogens (tertiary/aromatic N) is 1. The first-order valence-electron chi connectivity index (χ1n) is 6.82. The van der Waals surface area contributed by atoms with Crippen molar-refractivity contribution in [1.29, 1.82) is 5.26 Å². The SMILES string of the molecule is CCOC(=O)C1=C(CCl)OC(N)=C(C#N)C1c1ccc(Cl)cc1. The third-order valence-corrected chi connectivity index (χ3v) is 3.81. The topological polar surface area (TPSA) is 85.3 Å². The van der Waals surface area contributed by atoms with E-state index in [1.54, 1.807) is 31.2 Å². The normalized spacial score (nSPS) is 17.6. The second-order valence-corrected chi connectivity index (χ2v) is 5.37. The number of esters is 1. The van der Waals surface area contributed by atoms with Gasteiger partial charge in [0.15, 0.2) is 0 Å². The van der Waals surface area contributed by atoms with E-state index in [1.165, 1.54) is 0 Å². The number of nitrogens with two attached hydrogens (primary N) is 1. The Morgan fingerprint density at radius 2 is 2.09 bits per heavy atom. The third kappa shape index (κ3) is 3.44. The second kappa shape index (κ2) is 7.40. The van der Waals surface area contributed by atoms with Crippen LogP contribution in [0, 0.1) is 11.3 Å². The molecular formula is C16H14Cl2N2O3. The Hall–Kier alpha value is -2.16. The van der Waals surface area contributed by atoms with Crippen LogP contribution in [0.15, 0.2) is 47.1 Å². The van der Waals surface area contributed by atoms with E-state index >= 15 is 0 Å². The lowest BCUT2D eigenvalue weighted by molar-refractivity contribution is -0.139. The van der Waals surface area contributed by atoms with Crippen molar-refractivity contribution in [2.24, 2.45) is 5.73 Å². The van der Waals surface area contributed by atoms with E-state index in [1.807, 2.05) is 6.07 Å². The van der Waals surface area contributed by atoms with Crippen molar-refractivity contribution in [2.75, 3.05) is 12.5 Å². The quantitative estimate of drug-likeness (QED) is 0.664. The molecule has 2 N–H and O–H groups in total. The van der Waals surface area contributed by atoms with E-state index in [4.69, 9.17) is 38.4 Å². The zero-order chi connectivity index (χ0) is 17.0. The van der Waals surface area contributed by atoms with Gasteiger partial charge in [-0.2, -0.15) is 5.26 Å².